The van der Waals surface area contributed by atoms with Crippen molar-refractivity contribution in [2.45, 2.75) is 0 Å². The van der Waals surface area contributed by atoms with Crippen LogP contribution in [0, 0.1) is 0 Å². The van der Waals surface area contributed by atoms with E-state index in [-0.39, 0.29) is 0 Å². The van der Waals surface area contributed by atoms with Crippen molar-refractivity contribution in [2.24, 2.45) is 0 Å². The zero-order chi connectivity index (χ0) is 8.43. The Morgan fingerprint density at radius 1 is 1.00 bits per heavy atom. The van der Waals surface area contributed by atoms with Crippen LogP contribution in [0.4, 0.5) is 0 Å². The fourth-order valence-electron chi connectivity index (χ4n) is 0.700. The molecule has 0 fully saturated rings. The molecule has 1 rings (SSSR count). The zero-order valence-corrected chi connectivity index (χ0v) is 13.9. The summed E-state index contributed by atoms with van der Waals surface area (Å²) in [6.07, 6.45) is 0. The van der Waals surface area contributed by atoms with Gasteiger partial charge >= 0.3 is 96.7 Å². The molecule has 0 aliphatic heterocycles. The van der Waals surface area contributed by atoms with Gasteiger partial charge in [0.05, 0.1) is 0 Å². The normalized spacial score (nSPS) is 9.45. The van der Waals surface area contributed by atoms with Gasteiger partial charge in [-0.25, -0.2) is 0 Å². The molecule has 0 bridgehead atoms. The minimum atomic E-state index is -1.51. The molecule has 0 nitrogen and oxygen atoms in total. The quantitative estimate of drug-likeness (QED) is 0.615. The number of hydrogen-bond acceptors (Lipinski definition) is 0. The molecule has 0 amide bonds. The first-order chi connectivity index (χ1) is 5.15. The van der Waals surface area contributed by atoms with Crippen molar-refractivity contribution in [1.29, 1.82) is 0 Å². The Morgan fingerprint density at radius 2 is 1.45 bits per heavy atom. The summed E-state index contributed by atoms with van der Waals surface area (Å²) < 4.78 is 0.944. The molecular weight excluding hydrogens is 414 g/mol. The molecule has 1 aromatic rings. The van der Waals surface area contributed by atoms with Crippen LogP contribution in [-0.4, -0.2) is 0 Å². The van der Waals surface area contributed by atoms with Crippen molar-refractivity contribution in [3.63, 3.8) is 0 Å². The third kappa shape index (κ3) is 2.63. The standard InChI is InChI=1S/C6H2Cl3.ClH.Hg/c7-4-1-5(8)3-6(9)2-4;;/h1-2H;1H;/q;;+1/p-1. The molecule has 0 saturated carbocycles. The van der Waals surface area contributed by atoms with Gasteiger partial charge in [0.15, 0.2) is 0 Å². The average molecular weight is 416 g/mol. The van der Waals surface area contributed by atoms with Crippen LogP contribution in [0.5, 0.6) is 0 Å². The predicted octanol–water partition coefficient (Wildman–Crippen LogP) is 3.51. The van der Waals surface area contributed by atoms with Gasteiger partial charge in [-0.15, -0.1) is 0 Å². The summed E-state index contributed by atoms with van der Waals surface area (Å²) in [7, 11) is 5.80. The van der Waals surface area contributed by atoms with Crippen molar-refractivity contribution >= 4 is 46.1 Å². The van der Waals surface area contributed by atoms with Gasteiger partial charge in [-0.05, 0) is 0 Å². The van der Waals surface area contributed by atoms with Crippen LogP contribution in [-0.2, 0) is 23.3 Å². The van der Waals surface area contributed by atoms with E-state index in [0.717, 1.165) is 3.07 Å². The van der Waals surface area contributed by atoms with Crippen LogP contribution in [0.3, 0.4) is 0 Å². The summed E-state index contributed by atoms with van der Waals surface area (Å²) in [5.74, 6) is 0. The Bertz CT molecular complexity index is 250. The number of halogens is 4. The number of benzene rings is 1. The van der Waals surface area contributed by atoms with Crippen LogP contribution >= 0.6 is 43.1 Å². The Labute approximate surface area is 95.6 Å². The topological polar surface area (TPSA) is 0 Å². The second-order valence-electron chi connectivity index (χ2n) is 1.98. The second kappa shape index (κ2) is 4.52. The Kier molecular flexibility index (Phi) is 4.27. The van der Waals surface area contributed by atoms with Gasteiger partial charge in [0.25, 0.3) is 0 Å². The molecular formula is C6H2Cl4Hg. The van der Waals surface area contributed by atoms with Crippen LogP contribution in [0.2, 0.25) is 15.1 Å². The fraction of sp³-hybridized carbons (Fsp3) is 0. The van der Waals surface area contributed by atoms with Crippen molar-refractivity contribution in [2.75, 3.05) is 0 Å². The third-order valence-electron chi connectivity index (χ3n) is 1.24. The molecule has 0 aliphatic rings. The molecule has 56 valence electrons. The molecule has 0 unspecified atom stereocenters. The maximum atomic E-state index is 5.84. The Morgan fingerprint density at radius 3 is 1.82 bits per heavy atom. The molecule has 0 atom stereocenters. The number of hydrogen-bond donors (Lipinski definition) is 0. The van der Waals surface area contributed by atoms with E-state index < -0.39 is 23.3 Å². The molecule has 5 heteroatoms. The molecule has 0 heterocycles. The summed E-state index contributed by atoms with van der Waals surface area (Å²) >= 11 is 15.9. The van der Waals surface area contributed by atoms with Gasteiger partial charge in [0.1, 0.15) is 0 Å². The van der Waals surface area contributed by atoms with Crippen LogP contribution < -0.4 is 3.07 Å². The molecule has 0 aromatic heterocycles. The average Bonchev–Trinajstić information content (AvgIpc) is 1.85. The fourth-order valence-corrected chi connectivity index (χ4v) is 8.20. The van der Waals surface area contributed by atoms with E-state index in [0.29, 0.717) is 15.1 Å². The van der Waals surface area contributed by atoms with Crippen molar-refractivity contribution in [1.82, 2.24) is 0 Å². The monoisotopic (exact) mass is 416 g/mol. The summed E-state index contributed by atoms with van der Waals surface area (Å²) in [5, 5.41) is 1.78. The third-order valence-corrected chi connectivity index (χ3v) is 10.2. The Hall–Kier alpha value is 1.32. The van der Waals surface area contributed by atoms with E-state index in [9.17, 15) is 0 Å². The first-order valence-corrected chi connectivity index (χ1v) is 13.5. The van der Waals surface area contributed by atoms with E-state index in [1.165, 1.54) is 0 Å². The van der Waals surface area contributed by atoms with Crippen molar-refractivity contribution < 1.29 is 23.3 Å². The van der Waals surface area contributed by atoms with E-state index >= 15 is 0 Å². The molecule has 0 radical (unpaired) electrons. The van der Waals surface area contributed by atoms with Gasteiger partial charge in [-0.3, -0.25) is 0 Å². The first kappa shape index (κ1) is 10.4. The molecule has 1 aromatic carbocycles. The molecule has 0 spiro atoms. The van der Waals surface area contributed by atoms with Crippen LogP contribution in [0.25, 0.3) is 0 Å². The van der Waals surface area contributed by atoms with Crippen molar-refractivity contribution in [3.05, 3.63) is 27.2 Å². The van der Waals surface area contributed by atoms with Gasteiger partial charge in [-0.2, -0.15) is 0 Å². The van der Waals surface area contributed by atoms with Crippen molar-refractivity contribution in [3.8, 4) is 0 Å². The molecule has 0 N–H and O–H groups in total. The van der Waals surface area contributed by atoms with Gasteiger partial charge in [0.2, 0.25) is 0 Å². The Balaban J connectivity index is 3.25. The summed E-state index contributed by atoms with van der Waals surface area (Å²) in [6.45, 7) is 0. The van der Waals surface area contributed by atoms with Crippen LogP contribution in [0.15, 0.2) is 12.1 Å². The minimum absolute atomic E-state index is 0.558. The van der Waals surface area contributed by atoms with E-state index in [1.807, 2.05) is 0 Å². The second-order valence-corrected chi connectivity index (χ2v) is 9.37. The van der Waals surface area contributed by atoms with Gasteiger partial charge in [0, 0.05) is 0 Å². The summed E-state index contributed by atoms with van der Waals surface area (Å²) in [4.78, 5) is 0. The number of rotatable bonds is 1. The van der Waals surface area contributed by atoms with Gasteiger partial charge in [-0.1, -0.05) is 0 Å². The summed E-state index contributed by atoms with van der Waals surface area (Å²) in [5.41, 5.74) is 0. The van der Waals surface area contributed by atoms with E-state index in [4.69, 9.17) is 43.1 Å². The SMILES string of the molecule is [Cl][Hg][c]1c(Cl)cc(Cl)cc1Cl. The zero-order valence-electron chi connectivity index (χ0n) is 5.37. The predicted molar refractivity (Wildman–Crippen MR) is 47.0 cm³/mol. The summed E-state index contributed by atoms with van der Waals surface area (Å²) in [6, 6.07) is 3.35. The molecule has 11 heavy (non-hydrogen) atoms. The van der Waals surface area contributed by atoms with Gasteiger partial charge < -0.3 is 0 Å². The maximum absolute atomic E-state index is 5.84. The molecule has 0 saturated heterocycles. The van der Waals surface area contributed by atoms with Crippen LogP contribution in [0.1, 0.15) is 0 Å². The molecule has 0 aliphatic carbocycles. The van der Waals surface area contributed by atoms with E-state index in [2.05, 4.69) is 0 Å². The van der Waals surface area contributed by atoms with E-state index in [1.54, 1.807) is 12.1 Å². The first-order valence-electron chi connectivity index (χ1n) is 2.84.